The van der Waals surface area contributed by atoms with Gasteiger partial charge in [-0.3, -0.25) is 4.79 Å². The molecule has 34 heavy (non-hydrogen) atoms. The zero-order valence-corrected chi connectivity index (χ0v) is 22.2. The molecule has 0 saturated heterocycles. The third kappa shape index (κ3) is 15.1. The number of esters is 1. The standard InChI is InChI=1S/C23H38N4O6.Mo/c1-3-32-22(30)16-26-23(31)20(27-21(29)15-25-18(2)28)13-9-10-14-24-17-33-19-11-7-5-4-6-8-12-19;/h4-5,19-20,24H,3,6-16H2,1-2H3,(H,25,28)(H,26,31)(H,27,29);/b5-4+;/t19?,20-;/m0./s1. The van der Waals surface area contributed by atoms with Crippen molar-refractivity contribution in [3.63, 3.8) is 0 Å². The topological polar surface area (TPSA) is 135 Å². The summed E-state index contributed by atoms with van der Waals surface area (Å²) in [5.41, 5.74) is 0. The number of hydrogen-bond acceptors (Lipinski definition) is 7. The molecule has 0 saturated carbocycles. The van der Waals surface area contributed by atoms with E-state index < -0.39 is 23.8 Å². The second kappa shape index (κ2) is 18.4. The van der Waals surface area contributed by atoms with Crippen LogP contribution in [-0.4, -0.2) is 66.3 Å². The molecule has 1 aliphatic carbocycles. The monoisotopic (exact) mass is 564 g/mol. The molecule has 2 atom stereocenters. The molecule has 0 radical (unpaired) electrons. The molecule has 10 nitrogen and oxygen atoms in total. The van der Waals surface area contributed by atoms with Crippen LogP contribution in [0.4, 0.5) is 0 Å². The van der Waals surface area contributed by atoms with Gasteiger partial charge < -0.3 is 0 Å². The number of ether oxygens (including phenoxy) is 2. The van der Waals surface area contributed by atoms with Crippen molar-refractivity contribution < 1.29 is 48.0 Å². The fourth-order valence-corrected chi connectivity index (χ4v) is 3.90. The molecule has 1 unspecified atom stereocenters. The van der Waals surface area contributed by atoms with E-state index in [2.05, 4.69) is 33.4 Å². The third-order valence-corrected chi connectivity index (χ3v) is 5.63. The van der Waals surface area contributed by atoms with Gasteiger partial charge in [-0.2, -0.15) is 0 Å². The van der Waals surface area contributed by atoms with Crippen molar-refractivity contribution in [3.8, 4) is 0 Å². The molecule has 1 rings (SSSR count). The Kier molecular flexibility index (Phi) is 16.3. The van der Waals surface area contributed by atoms with Crippen LogP contribution in [0, 0.1) is 0 Å². The summed E-state index contributed by atoms with van der Waals surface area (Å²) >= 11 is 1.84. The average molecular weight is 563 g/mol. The molecule has 1 aliphatic rings. The van der Waals surface area contributed by atoms with Crippen molar-refractivity contribution in [2.24, 2.45) is 0 Å². The maximum atomic E-state index is 12.5. The van der Waals surface area contributed by atoms with Gasteiger partial charge in [0.15, 0.2) is 0 Å². The van der Waals surface area contributed by atoms with Gasteiger partial charge >= 0.3 is 188 Å². The summed E-state index contributed by atoms with van der Waals surface area (Å²) in [5.74, 6) is -1.83. The van der Waals surface area contributed by atoms with E-state index in [1.165, 1.54) is 6.92 Å². The zero-order chi connectivity index (χ0) is 25.2. The summed E-state index contributed by atoms with van der Waals surface area (Å²) in [7, 11) is 0. The summed E-state index contributed by atoms with van der Waals surface area (Å²) in [6.07, 6.45) is 11.8. The van der Waals surface area contributed by atoms with Crippen LogP contribution in [0.2, 0.25) is 0 Å². The van der Waals surface area contributed by atoms with Gasteiger partial charge in [0.05, 0.1) is 6.61 Å². The van der Waals surface area contributed by atoms with Crippen LogP contribution in [0.5, 0.6) is 0 Å². The van der Waals surface area contributed by atoms with Crippen LogP contribution in [0.3, 0.4) is 0 Å². The first-order valence-corrected chi connectivity index (χ1v) is 12.9. The molecule has 3 amide bonds. The van der Waals surface area contributed by atoms with Gasteiger partial charge in [0.1, 0.15) is 0 Å². The number of carbonyl (C=O) groups is 4. The van der Waals surface area contributed by atoms with Gasteiger partial charge in [-0.05, 0) is 6.92 Å². The molecule has 0 aromatic heterocycles. The van der Waals surface area contributed by atoms with E-state index in [9.17, 15) is 19.2 Å². The Labute approximate surface area is 212 Å². The van der Waals surface area contributed by atoms with E-state index in [0.29, 0.717) is 19.4 Å². The van der Waals surface area contributed by atoms with E-state index in [-0.39, 0.29) is 31.7 Å². The first-order valence-electron chi connectivity index (χ1n) is 11.9. The van der Waals surface area contributed by atoms with Crippen molar-refractivity contribution in [3.05, 3.63) is 12.2 Å². The maximum absolute atomic E-state index is 12.5. The Balaban J connectivity index is 2.41. The zero-order valence-electron chi connectivity index (χ0n) is 20.2. The smallest absolute Gasteiger partial charge is 0.275 e. The molecule has 0 spiro atoms. The van der Waals surface area contributed by atoms with E-state index in [0.717, 1.165) is 42.7 Å². The molecule has 0 heterocycles. The minimum atomic E-state index is -0.819. The van der Waals surface area contributed by atoms with Gasteiger partial charge in [0, 0.05) is 6.92 Å². The molecular weight excluding hydrogens is 524 g/mol. The second-order valence-corrected chi connectivity index (χ2v) is 8.89. The SMILES string of the molecule is CCOC(=O)CNC(=O)[C@H](CCCCN[C](=[Mo])OC1CC/C=C/CCC1)NC(=O)CNC(C)=O. The molecule has 11 heteroatoms. The van der Waals surface area contributed by atoms with Crippen LogP contribution in [0.25, 0.3) is 0 Å². The van der Waals surface area contributed by atoms with Crippen LogP contribution < -0.4 is 21.3 Å². The Morgan fingerprint density at radius 2 is 1.79 bits per heavy atom. The summed E-state index contributed by atoms with van der Waals surface area (Å²) in [4.78, 5) is 47.1. The van der Waals surface area contributed by atoms with Gasteiger partial charge in [0.25, 0.3) is 0 Å². The van der Waals surface area contributed by atoms with Crippen LogP contribution in [0.1, 0.15) is 65.2 Å². The van der Waals surface area contributed by atoms with Gasteiger partial charge in [0.2, 0.25) is 0 Å². The molecule has 0 aromatic carbocycles. The Bertz CT molecular complexity index is 716. The van der Waals surface area contributed by atoms with E-state index >= 15 is 0 Å². The van der Waals surface area contributed by atoms with Crippen molar-refractivity contribution in [2.75, 3.05) is 26.2 Å². The molecular formula is C23H38MoN4O6. The number of amides is 3. The predicted octanol–water partition coefficient (Wildman–Crippen LogP) is 0.586. The quantitative estimate of drug-likeness (QED) is 0.0993. The van der Waals surface area contributed by atoms with E-state index in [1.807, 2.05) is 19.4 Å². The summed E-state index contributed by atoms with van der Waals surface area (Å²) < 4.78 is 11.7. The first kappa shape index (κ1) is 30.1. The Hall–Kier alpha value is -1.90. The number of unbranched alkanes of at least 4 members (excludes halogenated alkanes) is 1. The Morgan fingerprint density at radius 3 is 2.53 bits per heavy atom. The minimum Gasteiger partial charge on any atom is -0.275 e. The van der Waals surface area contributed by atoms with Crippen molar-refractivity contribution >= 4 is 27.9 Å². The fraction of sp³-hybridized carbons (Fsp3) is 0.696. The Morgan fingerprint density at radius 1 is 1.03 bits per heavy atom. The van der Waals surface area contributed by atoms with Crippen molar-refractivity contribution in [1.82, 2.24) is 21.3 Å². The summed E-state index contributed by atoms with van der Waals surface area (Å²) in [6.45, 7) is 3.39. The summed E-state index contributed by atoms with van der Waals surface area (Å²) in [6, 6.07) is -0.819. The molecule has 0 bridgehead atoms. The number of allylic oxidation sites excluding steroid dienone is 2. The van der Waals surface area contributed by atoms with E-state index in [1.54, 1.807) is 6.92 Å². The number of rotatable bonds is 15. The molecule has 0 aromatic rings. The van der Waals surface area contributed by atoms with Gasteiger partial charge in [-0.1, -0.05) is 0 Å². The van der Waals surface area contributed by atoms with Crippen LogP contribution in [-0.2, 0) is 48.0 Å². The predicted molar refractivity (Wildman–Crippen MR) is 124 cm³/mol. The summed E-state index contributed by atoms with van der Waals surface area (Å²) in [5, 5.41) is 10.8. The average Bonchev–Trinajstić information content (AvgIpc) is 2.77. The van der Waals surface area contributed by atoms with Crippen LogP contribution >= 0.6 is 0 Å². The number of carbonyl (C=O) groups excluding carboxylic acids is 4. The first-order chi connectivity index (χ1) is 16.3. The normalized spacial score (nSPS) is 17.4. The van der Waals surface area contributed by atoms with Crippen molar-refractivity contribution in [1.29, 1.82) is 0 Å². The second-order valence-electron chi connectivity index (χ2n) is 7.98. The molecule has 0 aliphatic heterocycles. The number of nitrogens with one attached hydrogen (secondary N) is 4. The number of hydrogen-bond donors (Lipinski definition) is 4. The minimum absolute atomic E-state index is 0.219. The van der Waals surface area contributed by atoms with Crippen molar-refractivity contribution in [2.45, 2.75) is 77.4 Å². The molecule has 192 valence electrons. The molecule has 0 fully saturated rings. The molecule has 4 N–H and O–H groups in total. The third-order valence-electron chi connectivity index (χ3n) is 5.04. The van der Waals surface area contributed by atoms with Gasteiger partial charge in [-0.25, -0.2) is 0 Å². The van der Waals surface area contributed by atoms with E-state index in [4.69, 9.17) is 9.47 Å². The fourth-order valence-electron chi connectivity index (χ4n) is 3.31. The van der Waals surface area contributed by atoms with Gasteiger partial charge in [-0.15, -0.1) is 0 Å². The van der Waals surface area contributed by atoms with Crippen LogP contribution in [0.15, 0.2) is 12.2 Å².